The van der Waals surface area contributed by atoms with E-state index in [1.165, 1.54) is 0 Å². The lowest BCUT2D eigenvalue weighted by atomic mass is 10.1. The highest BCUT2D eigenvalue weighted by molar-refractivity contribution is 5.84. The predicted molar refractivity (Wildman–Crippen MR) is 78.0 cm³/mol. The highest BCUT2D eigenvalue weighted by atomic mass is 16.5. The number of rotatable bonds is 5. The van der Waals surface area contributed by atoms with Gasteiger partial charge in [0.25, 0.3) is 0 Å². The molecular formula is C14H21N3O4. The lowest BCUT2D eigenvalue weighted by molar-refractivity contribution is 0.00139. The first-order valence-electron chi connectivity index (χ1n) is 6.70. The number of morpholine rings is 1. The van der Waals surface area contributed by atoms with E-state index in [9.17, 15) is 0 Å². The van der Waals surface area contributed by atoms with Gasteiger partial charge in [0.05, 0.1) is 20.8 Å². The van der Waals surface area contributed by atoms with Gasteiger partial charge in [0.2, 0.25) is 0 Å². The summed E-state index contributed by atoms with van der Waals surface area (Å²) in [5, 5.41) is 11.7. The molecule has 2 rings (SSSR count). The monoisotopic (exact) mass is 295 g/mol. The van der Waals surface area contributed by atoms with Crippen molar-refractivity contribution in [1.82, 2.24) is 4.90 Å². The lowest BCUT2D eigenvalue weighted by Gasteiger charge is -2.32. The quantitative estimate of drug-likeness (QED) is 0.359. The molecule has 1 atom stereocenters. The van der Waals surface area contributed by atoms with Crippen LogP contribution in [0.3, 0.4) is 0 Å². The summed E-state index contributed by atoms with van der Waals surface area (Å²) in [6, 6.07) is 5.83. The summed E-state index contributed by atoms with van der Waals surface area (Å²) in [7, 11) is 3.23. The van der Waals surface area contributed by atoms with Gasteiger partial charge in [-0.25, -0.2) is 0 Å². The number of nitrogens with two attached hydrogens (primary N) is 1. The largest absolute Gasteiger partial charge is 0.493 e. The predicted octanol–water partition coefficient (Wildman–Crippen LogP) is 0.651. The first kappa shape index (κ1) is 15.4. The Labute approximate surface area is 123 Å². The smallest absolute Gasteiger partial charge is 0.169 e. The van der Waals surface area contributed by atoms with E-state index in [0.29, 0.717) is 24.7 Å². The Balaban J connectivity index is 2.04. The summed E-state index contributed by atoms with van der Waals surface area (Å²) in [6.07, 6.45) is -0.371. The molecular weight excluding hydrogens is 274 g/mol. The second kappa shape index (κ2) is 7.14. The fourth-order valence-electron chi connectivity index (χ4n) is 2.33. The van der Waals surface area contributed by atoms with Crippen molar-refractivity contribution in [1.29, 1.82) is 0 Å². The molecule has 7 heteroatoms. The molecule has 0 aromatic heterocycles. The van der Waals surface area contributed by atoms with Crippen LogP contribution in [0.25, 0.3) is 0 Å². The van der Waals surface area contributed by atoms with E-state index in [-0.39, 0.29) is 11.9 Å². The van der Waals surface area contributed by atoms with Gasteiger partial charge < -0.3 is 25.2 Å². The topological polar surface area (TPSA) is 89.5 Å². The third kappa shape index (κ3) is 3.77. The van der Waals surface area contributed by atoms with Crippen LogP contribution in [0.4, 0.5) is 0 Å². The van der Waals surface area contributed by atoms with Gasteiger partial charge in [-0.2, -0.15) is 0 Å². The highest BCUT2D eigenvalue weighted by Crippen LogP contribution is 2.28. The Morgan fingerprint density at radius 3 is 2.86 bits per heavy atom. The summed E-state index contributed by atoms with van der Waals surface area (Å²) in [6.45, 7) is 2.67. The molecule has 1 aliphatic rings. The molecule has 0 amide bonds. The average molecular weight is 295 g/mol. The van der Waals surface area contributed by atoms with E-state index in [4.69, 9.17) is 25.2 Å². The summed E-state index contributed by atoms with van der Waals surface area (Å²) in [4.78, 5) is 2.19. The van der Waals surface area contributed by atoms with Crippen molar-refractivity contribution in [3.8, 4) is 11.5 Å². The minimum absolute atomic E-state index is 0.104. The van der Waals surface area contributed by atoms with Crippen molar-refractivity contribution in [2.24, 2.45) is 10.9 Å². The molecule has 0 spiro atoms. The van der Waals surface area contributed by atoms with Crippen LogP contribution < -0.4 is 15.2 Å². The fraction of sp³-hybridized carbons (Fsp3) is 0.500. The number of methoxy groups -OCH3 is 2. The molecule has 7 nitrogen and oxygen atoms in total. The highest BCUT2D eigenvalue weighted by Gasteiger charge is 2.24. The van der Waals surface area contributed by atoms with Crippen molar-refractivity contribution in [3.63, 3.8) is 0 Å². The van der Waals surface area contributed by atoms with Crippen LogP contribution in [0.1, 0.15) is 5.56 Å². The van der Waals surface area contributed by atoms with Crippen LogP contribution in [0.15, 0.2) is 23.4 Å². The molecule has 3 N–H and O–H groups in total. The summed E-state index contributed by atoms with van der Waals surface area (Å²) in [5.74, 6) is 1.51. The van der Waals surface area contributed by atoms with Gasteiger partial charge >= 0.3 is 0 Å². The zero-order valence-corrected chi connectivity index (χ0v) is 12.3. The molecule has 1 aliphatic heterocycles. The van der Waals surface area contributed by atoms with E-state index in [2.05, 4.69) is 10.1 Å². The number of ether oxygens (including phenoxy) is 3. The molecule has 0 bridgehead atoms. The van der Waals surface area contributed by atoms with Crippen molar-refractivity contribution in [3.05, 3.63) is 23.8 Å². The number of oxime groups is 1. The third-order valence-electron chi connectivity index (χ3n) is 3.45. The van der Waals surface area contributed by atoms with Gasteiger partial charge in [-0.1, -0.05) is 11.2 Å². The second-order valence-electron chi connectivity index (χ2n) is 4.81. The van der Waals surface area contributed by atoms with Crippen LogP contribution in [0.2, 0.25) is 0 Å². The molecule has 0 saturated carbocycles. The van der Waals surface area contributed by atoms with E-state index >= 15 is 0 Å². The molecule has 0 aliphatic carbocycles. The summed E-state index contributed by atoms with van der Waals surface area (Å²) < 4.78 is 16.0. The molecule has 1 aromatic rings. The van der Waals surface area contributed by atoms with Crippen LogP contribution >= 0.6 is 0 Å². The van der Waals surface area contributed by atoms with Crippen molar-refractivity contribution >= 4 is 5.84 Å². The van der Waals surface area contributed by atoms with E-state index in [1.807, 2.05) is 18.2 Å². The number of hydrogen-bond acceptors (Lipinski definition) is 6. The van der Waals surface area contributed by atoms with Gasteiger partial charge in [0.1, 0.15) is 6.10 Å². The molecule has 116 valence electrons. The third-order valence-corrected chi connectivity index (χ3v) is 3.45. The molecule has 1 fully saturated rings. The van der Waals surface area contributed by atoms with Crippen LogP contribution in [-0.4, -0.2) is 56.0 Å². The van der Waals surface area contributed by atoms with Gasteiger partial charge in [-0.3, -0.25) is 4.90 Å². The van der Waals surface area contributed by atoms with E-state index in [1.54, 1.807) is 14.2 Å². The van der Waals surface area contributed by atoms with Crippen molar-refractivity contribution in [2.75, 3.05) is 33.9 Å². The number of nitrogens with zero attached hydrogens (tertiary/aromatic N) is 2. The van der Waals surface area contributed by atoms with E-state index in [0.717, 1.165) is 18.7 Å². The normalized spacial score (nSPS) is 20.3. The van der Waals surface area contributed by atoms with E-state index < -0.39 is 0 Å². The van der Waals surface area contributed by atoms with Gasteiger partial charge in [0, 0.05) is 19.6 Å². The lowest BCUT2D eigenvalue weighted by Crippen LogP contribution is -2.48. The van der Waals surface area contributed by atoms with Crippen LogP contribution in [0.5, 0.6) is 11.5 Å². The van der Waals surface area contributed by atoms with Crippen LogP contribution in [0, 0.1) is 0 Å². The standard InChI is InChI=1S/C14H21N3O4/c1-19-11-4-3-10(7-12(11)20-2)8-17-5-6-21-13(9-17)14(15)16-18/h3-4,7,13,18H,5-6,8-9H2,1-2H3,(H2,15,16). The van der Waals surface area contributed by atoms with Gasteiger partial charge in [0.15, 0.2) is 17.3 Å². The minimum Gasteiger partial charge on any atom is -0.493 e. The molecule has 21 heavy (non-hydrogen) atoms. The Hall–Kier alpha value is -1.99. The first-order valence-corrected chi connectivity index (χ1v) is 6.70. The van der Waals surface area contributed by atoms with Crippen LogP contribution in [-0.2, 0) is 11.3 Å². The maximum absolute atomic E-state index is 8.72. The Morgan fingerprint density at radius 1 is 1.43 bits per heavy atom. The molecule has 1 unspecified atom stereocenters. The number of amidine groups is 1. The van der Waals surface area contributed by atoms with Gasteiger partial charge in [-0.15, -0.1) is 0 Å². The first-order chi connectivity index (χ1) is 10.2. The minimum atomic E-state index is -0.371. The van der Waals surface area contributed by atoms with Crippen molar-refractivity contribution < 1.29 is 19.4 Å². The number of benzene rings is 1. The summed E-state index contributed by atoms with van der Waals surface area (Å²) in [5.41, 5.74) is 6.70. The van der Waals surface area contributed by atoms with Crippen molar-refractivity contribution in [2.45, 2.75) is 12.6 Å². The SMILES string of the molecule is COc1ccc(CN2CCOC(C(N)=NO)C2)cc1OC. The maximum atomic E-state index is 8.72. The Bertz CT molecular complexity index is 507. The molecule has 1 saturated heterocycles. The Kier molecular flexibility index (Phi) is 5.24. The second-order valence-corrected chi connectivity index (χ2v) is 4.81. The number of hydrogen-bond donors (Lipinski definition) is 2. The molecule has 0 radical (unpaired) electrons. The Morgan fingerprint density at radius 2 is 2.19 bits per heavy atom. The average Bonchev–Trinajstić information content (AvgIpc) is 2.54. The summed E-state index contributed by atoms with van der Waals surface area (Å²) >= 11 is 0. The maximum Gasteiger partial charge on any atom is 0.169 e. The molecule has 1 heterocycles. The fourth-order valence-corrected chi connectivity index (χ4v) is 2.33. The van der Waals surface area contributed by atoms with Gasteiger partial charge in [-0.05, 0) is 17.7 Å². The molecule has 1 aromatic carbocycles. The zero-order chi connectivity index (χ0) is 15.2. The zero-order valence-electron chi connectivity index (χ0n) is 12.3.